The van der Waals surface area contributed by atoms with Crippen LogP contribution < -0.4 is 0 Å². The number of aliphatic carboxylic acids is 1. The Labute approximate surface area is 169 Å². The van der Waals surface area contributed by atoms with Gasteiger partial charge in [0.25, 0.3) is 0 Å². The molecular weight excluding hydrogens is 352 g/mol. The normalized spacial score (nSPS) is 37.8. The number of fused-ring (bicyclic) bond motifs is 1. The average Bonchev–Trinajstić information content (AvgIpc) is 3.32. The van der Waals surface area contributed by atoms with E-state index in [9.17, 15) is 15.0 Å². The number of hydrogen-bond acceptors (Lipinski definition) is 3. The first kappa shape index (κ1) is 21.6. The molecule has 0 aliphatic heterocycles. The molecule has 4 heteroatoms. The summed E-state index contributed by atoms with van der Waals surface area (Å²) in [5, 5.41) is 29.9. The van der Waals surface area contributed by atoms with Crippen LogP contribution >= 0.6 is 0 Å². The van der Waals surface area contributed by atoms with E-state index in [1.165, 1.54) is 24.8 Å². The minimum Gasteiger partial charge on any atom is -0.481 e. The van der Waals surface area contributed by atoms with Gasteiger partial charge in [-0.2, -0.15) is 0 Å². The number of carboxylic acids is 1. The van der Waals surface area contributed by atoms with Crippen molar-refractivity contribution in [2.24, 2.45) is 29.6 Å². The maximum atomic E-state index is 10.6. The zero-order valence-corrected chi connectivity index (χ0v) is 17.3. The third-order valence-corrected chi connectivity index (χ3v) is 7.43. The molecule has 3 aliphatic rings. The lowest BCUT2D eigenvalue weighted by Gasteiger charge is -2.19. The highest BCUT2D eigenvalue weighted by Gasteiger charge is 2.45. The van der Waals surface area contributed by atoms with Crippen LogP contribution in [0, 0.1) is 29.6 Å². The minimum absolute atomic E-state index is 0.150. The Hall–Kier alpha value is -1.13. The Bertz CT molecular complexity index is 581. The first-order valence-corrected chi connectivity index (χ1v) is 11.4. The van der Waals surface area contributed by atoms with E-state index in [2.05, 4.69) is 19.1 Å². The number of carboxylic acid groups (broad SMARTS) is 1. The topological polar surface area (TPSA) is 77.8 Å². The number of unbranched alkanes of at least 4 members (excludes halogenated alkanes) is 1. The van der Waals surface area contributed by atoms with Crippen molar-refractivity contribution < 1.29 is 20.1 Å². The van der Waals surface area contributed by atoms with Crippen molar-refractivity contribution in [3.05, 3.63) is 23.8 Å². The Morgan fingerprint density at radius 3 is 2.82 bits per heavy atom. The van der Waals surface area contributed by atoms with Gasteiger partial charge in [0, 0.05) is 12.3 Å². The lowest BCUT2D eigenvalue weighted by molar-refractivity contribution is -0.137. The van der Waals surface area contributed by atoms with Crippen molar-refractivity contribution in [2.45, 2.75) is 89.8 Å². The fraction of sp³-hybridized carbons (Fsp3) is 0.792. The van der Waals surface area contributed by atoms with Crippen LogP contribution in [0.4, 0.5) is 0 Å². The van der Waals surface area contributed by atoms with Crippen LogP contribution in [0.2, 0.25) is 0 Å². The average molecular weight is 391 g/mol. The van der Waals surface area contributed by atoms with Gasteiger partial charge < -0.3 is 15.3 Å². The number of aliphatic hydroxyl groups is 2. The second kappa shape index (κ2) is 10.1. The van der Waals surface area contributed by atoms with Crippen molar-refractivity contribution in [1.29, 1.82) is 0 Å². The lowest BCUT2D eigenvalue weighted by Crippen LogP contribution is -2.20. The van der Waals surface area contributed by atoms with E-state index in [0.29, 0.717) is 24.2 Å². The largest absolute Gasteiger partial charge is 0.481 e. The second-order valence-electron chi connectivity index (χ2n) is 9.46. The van der Waals surface area contributed by atoms with Crippen molar-refractivity contribution >= 4 is 5.97 Å². The molecule has 28 heavy (non-hydrogen) atoms. The van der Waals surface area contributed by atoms with E-state index in [4.69, 9.17) is 5.11 Å². The number of carbonyl (C=O) groups is 1. The van der Waals surface area contributed by atoms with Crippen LogP contribution in [0.1, 0.15) is 77.6 Å². The predicted molar refractivity (Wildman–Crippen MR) is 111 cm³/mol. The van der Waals surface area contributed by atoms with Gasteiger partial charge in [-0.1, -0.05) is 50.0 Å². The number of allylic oxidation sites excluding steroid dienone is 2. The summed E-state index contributed by atoms with van der Waals surface area (Å²) in [4.78, 5) is 10.6. The van der Waals surface area contributed by atoms with Crippen molar-refractivity contribution in [1.82, 2.24) is 0 Å². The second-order valence-corrected chi connectivity index (χ2v) is 9.46. The van der Waals surface area contributed by atoms with Gasteiger partial charge in [0.05, 0.1) is 12.2 Å². The predicted octanol–water partition coefficient (Wildman–Crippen LogP) is 4.71. The summed E-state index contributed by atoms with van der Waals surface area (Å²) >= 11 is 0. The molecule has 3 rings (SSSR count). The van der Waals surface area contributed by atoms with E-state index in [-0.39, 0.29) is 24.5 Å². The van der Waals surface area contributed by atoms with Gasteiger partial charge in [-0.05, 0) is 68.6 Å². The molecule has 2 unspecified atom stereocenters. The van der Waals surface area contributed by atoms with Crippen molar-refractivity contribution in [3.8, 4) is 0 Å². The van der Waals surface area contributed by atoms with Gasteiger partial charge in [-0.3, -0.25) is 4.79 Å². The molecule has 0 saturated heterocycles. The van der Waals surface area contributed by atoms with Gasteiger partial charge in [0.2, 0.25) is 0 Å². The Morgan fingerprint density at radius 2 is 2.07 bits per heavy atom. The van der Waals surface area contributed by atoms with E-state index in [0.717, 1.165) is 44.4 Å². The van der Waals surface area contributed by atoms with E-state index in [1.807, 2.05) is 6.08 Å². The first-order chi connectivity index (χ1) is 13.5. The van der Waals surface area contributed by atoms with E-state index < -0.39 is 5.97 Å². The van der Waals surface area contributed by atoms with Crippen LogP contribution in [0.25, 0.3) is 0 Å². The van der Waals surface area contributed by atoms with Crippen LogP contribution in [0.5, 0.6) is 0 Å². The highest BCUT2D eigenvalue weighted by atomic mass is 16.4. The molecule has 3 aliphatic carbocycles. The van der Waals surface area contributed by atoms with Gasteiger partial charge in [-0.25, -0.2) is 0 Å². The highest BCUT2D eigenvalue weighted by Crippen LogP contribution is 2.50. The van der Waals surface area contributed by atoms with E-state index in [1.54, 1.807) is 0 Å². The summed E-state index contributed by atoms with van der Waals surface area (Å²) in [5.41, 5.74) is 1.43. The third kappa shape index (κ3) is 5.48. The SMILES string of the molecule is CCCC1CCC([C@@H](O)/C=C/[C@@H]2[C@H]3C/C(=C/CCCC(=O)O)C[C@@H]3C[C@H]2O)C1. The van der Waals surface area contributed by atoms with Crippen LogP contribution in [-0.4, -0.2) is 33.5 Å². The van der Waals surface area contributed by atoms with Crippen LogP contribution in [0.3, 0.4) is 0 Å². The fourth-order valence-electron chi connectivity index (χ4n) is 5.99. The smallest absolute Gasteiger partial charge is 0.303 e. The lowest BCUT2D eigenvalue weighted by atomic mass is 9.89. The summed E-state index contributed by atoms with van der Waals surface area (Å²) in [6.07, 6.45) is 16.4. The molecule has 0 radical (unpaired) electrons. The quantitative estimate of drug-likeness (QED) is 0.394. The third-order valence-electron chi connectivity index (χ3n) is 7.43. The zero-order valence-electron chi connectivity index (χ0n) is 17.3. The number of hydrogen-bond donors (Lipinski definition) is 3. The molecule has 0 spiro atoms. The molecule has 0 aromatic heterocycles. The molecule has 0 amide bonds. The molecule has 158 valence electrons. The molecule has 7 atom stereocenters. The fourth-order valence-corrected chi connectivity index (χ4v) is 5.99. The Balaban J connectivity index is 1.50. The highest BCUT2D eigenvalue weighted by molar-refractivity contribution is 5.66. The van der Waals surface area contributed by atoms with E-state index >= 15 is 0 Å². The standard InChI is InChI=1S/C24H38O4/c1-2-5-16-8-9-18(12-16)22(25)11-10-20-21-14-17(6-3-4-7-24(27)28)13-19(21)15-23(20)26/h6,10-11,16,18-23,25-26H,2-5,7-9,12-15H2,1H3,(H,27,28)/b11-10+,17-6+/t16?,18?,19-,20-,21+,22+,23-/m1/s1. The minimum atomic E-state index is -0.725. The Morgan fingerprint density at radius 1 is 1.25 bits per heavy atom. The van der Waals surface area contributed by atoms with Crippen LogP contribution in [-0.2, 0) is 4.79 Å². The molecule has 3 saturated carbocycles. The molecule has 0 heterocycles. The van der Waals surface area contributed by atoms with Crippen LogP contribution in [0.15, 0.2) is 23.8 Å². The van der Waals surface area contributed by atoms with Gasteiger partial charge in [0.1, 0.15) is 0 Å². The molecule has 3 N–H and O–H groups in total. The maximum absolute atomic E-state index is 10.6. The molecule has 4 nitrogen and oxygen atoms in total. The van der Waals surface area contributed by atoms with Crippen molar-refractivity contribution in [2.75, 3.05) is 0 Å². The number of aliphatic hydroxyl groups excluding tert-OH is 2. The molecule has 0 aromatic carbocycles. The molecular formula is C24H38O4. The summed E-state index contributed by atoms with van der Waals surface area (Å²) < 4.78 is 0. The maximum Gasteiger partial charge on any atom is 0.303 e. The summed E-state index contributed by atoms with van der Waals surface area (Å²) in [6.45, 7) is 2.23. The van der Waals surface area contributed by atoms with Gasteiger partial charge >= 0.3 is 5.97 Å². The first-order valence-electron chi connectivity index (χ1n) is 11.4. The van der Waals surface area contributed by atoms with Gasteiger partial charge in [0.15, 0.2) is 0 Å². The number of rotatable bonds is 9. The van der Waals surface area contributed by atoms with Gasteiger partial charge in [-0.15, -0.1) is 0 Å². The molecule has 0 bridgehead atoms. The Kier molecular flexibility index (Phi) is 7.76. The van der Waals surface area contributed by atoms with Crippen molar-refractivity contribution in [3.63, 3.8) is 0 Å². The summed E-state index contributed by atoms with van der Waals surface area (Å²) in [5.74, 6) is 1.60. The summed E-state index contributed by atoms with van der Waals surface area (Å²) in [6, 6.07) is 0. The molecule has 0 aromatic rings. The zero-order chi connectivity index (χ0) is 20.1. The monoisotopic (exact) mass is 390 g/mol. The summed E-state index contributed by atoms with van der Waals surface area (Å²) in [7, 11) is 0. The molecule has 3 fully saturated rings.